The maximum atomic E-state index is 11.1. The van der Waals surface area contributed by atoms with Crippen LogP contribution in [0.5, 0.6) is 0 Å². The standard InChI is InChI=1S/C15H17ClN2O3/c1-2-21-14(19)10-20-9-8-17-13-6-5-12(16)11-4-3-7-18-15(11)13/h3-7,17H,2,8-10H2,1H3. The predicted molar refractivity (Wildman–Crippen MR) is 82.7 cm³/mol. The number of fused-ring (bicyclic) bond motifs is 1. The summed E-state index contributed by atoms with van der Waals surface area (Å²) in [7, 11) is 0. The van der Waals surface area contributed by atoms with Crippen LogP contribution in [0.2, 0.25) is 5.02 Å². The van der Waals surface area contributed by atoms with E-state index >= 15 is 0 Å². The van der Waals surface area contributed by atoms with Crippen molar-refractivity contribution in [3.05, 3.63) is 35.5 Å². The first-order chi connectivity index (χ1) is 10.2. The quantitative estimate of drug-likeness (QED) is 0.629. The van der Waals surface area contributed by atoms with Gasteiger partial charge < -0.3 is 14.8 Å². The predicted octanol–water partition coefficient (Wildman–Crippen LogP) is 2.88. The molecule has 1 N–H and O–H groups in total. The second-order valence-corrected chi connectivity index (χ2v) is 4.69. The number of ether oxygens (including phenoxy) is 2. The number of esters is 1. The SMILES string of the molecule is CCOC(=O)COCCNc1ccc(Cl)c2cccnc12. The molecule has 0 amide bonds. The molecule has 1 aromatic carbocycles. The fourth-order valence-corrected chi connectivity index (χ4v) is 2.11. The number of halogens is 1. The van der Waals surface area contributed by atoms with E-state index in [0.717, 1.165) is 16.6 Å². The zero-order chi connectivity index (χ0) is 15.1. The van der Waals surface area contributed by atoms with Gasteiger partial charge in [-0.3, -0.25) is 4.98 Å². The maximum Gasteiger partial charge on any atom is 0.332 e. The number of hydrogen-bond donors (Lipinski definition) is 1. The lowest BCUT2D eigenvalue weighted by molar-refractivity contribution is -0.148. The molecule has 2 aromatic rings. The van der Waals surface area contributed by atoms with E-state index in [2.05, 4.69) is 10.3 Å². The lowest BCUT2D eigenvalue weighted by Crippen LogP contribution is -2.16. The third-order valence-electron chi connectivity index (χ3n) is 2.80. The fourth-order valence-electron chi connectivity index (χ4n) is 1.90. The van der Waals surface area contributed by atoms with Crippen LogP contribution < -0.4 is 5.32 Å². The highest BCUT2D eigenvalue weighted by molar-refractivity contribution is 6.35. The van der Waals surface area contributed by atoms with Gasteiger partial charge in [0.15, 0.2) is 0 Å². The average molecular weight is 309 g/mol. The van der Waals surface area contributed by atoms with Gasteiger partial charge in [0.1, 0.15) is 6.61 Å². The first-order valence-electron chi connectivity index (χ1n) is 6.73. The fraction of sp³-hybridized carbons (Fsp3) is 0.333. The summed E-state index contributed by atoms with van der Waals surface area (Å²) >= 11 is 6.13. The van der Waals surface area contributed by atoms with E-state index in [4.69, 9.17) is 21.1 Å². The summed E-state index contributed by atoms with van der Waals surface area (Å²) in [6.07, 6.45) is 1.72. The Kier molecular flexibility index (Phi) is 5.78. The topological polar surface area (TPSA) is 60.5 Å². The highest BCUT2D eigenvalue weighted by Crippen LogP contribution is 2.27. The molecule has 0 saturated heterocycles. The van der Waals surface area contributed by atoms with Crippen LogP contribution in [0.1, 0.15) is 6.92 Å². The van der Waals surface area contributed by atoms with E-state index < -0.39 is 0 Å². The van der Waals surface area contributed by atoms with Crippen LogP contribution in [0.3, 0.4) is 0 Å². The highest BCUT2D eigenvalue weighted by Gasteiger charge is 2.05. The average Bonchev–Trinajstić information content (AvgIpc) is 2.49. The normalized spacial score (nSPS) is 10.6. The Balaban J connectivity index is 1.87. The molecule has 1 aromatic heterocycles. The van der Waals surface area contributed by atoms with Crippen molar-refractivity contribution in [1.29, 1.82) is 0 Å². The van der Waals surface area contributed by atoms with Crippen LogP contribution in [0.15, 0.2) is 30.5 Å². The zero-order valence-electron chi connectivity index (χ0n) is 11.8. The molecule has 5 nitrogen and oxygen atoms in total. The van der Waals surface area contributed by atoms with Crippen molar-refractivity contribution in [2.75, 3.05) is 31.7 Å². The van der Waals surface area contributed by atoms with Gasteiger partial charge >= 0.3 is 5.97 Å². The second-order valence-electron chi connectivity index (χ2n) is 4.28. The molecular weight excluding hydrogens is 292 g/mol. The summed E-state index contributed by atoms with van der Waals surface area (Å²) in [5.74, 6) is -0.351. The Labute approximate surface area is 128 Å². The Morgan fingerprint density at radius 3 is 3.05 bits per heavy atom. The van der Waals surface area contributed by atoms with Crippen LogP contribution >= 0.6 is 11.6 Å². The molecule has 0 aliphatic heterocycles. The molecule has 0 fully saturated rings. The van der Waals surface area contributed by atoms with Crippen LogP contribution in [-0.4, -0.2) is 37.3 Å². The molecule has 6 heteroatoms. The van der Waals surface area contributed by atoms with Gasteiger partial charge in [0, 0.05) is 18.1 Å². The summed E-state index contributed by atoms with van der Waals surface area (Å²) in [4.78, 5) is 15.4. The Morgan fingerprint density at radius 2 is 2.24 bits per heavy atom. The number of carbonyl (C=O) groups is 1. The molecule has 0 atom stereocenters. The van der Waals surface area contributed by atoms with E-state index in [0.29, 0.717) is 24.8 Å². The molecular formula is C15H17ClN2O3. The van der Waals surface area contributed by atoms with Crippen molar-refractivity contribution >= 4 is 34.2 Å². The van der Waals surface area contributed by atoms with Gasteiger partial charge in [-0.1, -0.05) is 11.6 Å². The number of rotatable bonds is 7. The van der Waals surface area contributed by atoms with Crippen LogP contribution in [0.25, 0.3) is 10.9 Å². The van der Waals surface area contributed by atoms with Crippen LogP contribution in [0.4, 0.5) is 5.69 Å². The molecule has 0 bridgehead atoms. The van der Waals surface area contributed by atoms with Crippen molar-refractivity contribution < 1.29 is 14.3 Å². The van der Waals surface area contributed by atoms with Crippen LogP contribution in [0, 0.1) is 0 Å². The molecule has 112 valence electrons. The van der Waals surface area contributed by atoms with E-state index in [1.807, 2.05) is 24.3 Å². The number of benzene rings is 1. The van der Waals surface area contributed by atoms with Gasteiger partial charge in [0.05, 0.1) is 29.4 Å². The molecule has 2 rings (SSSR count). The number of nitrogens with one attached hydrogen (secondary N) is 1. The zero-order valence-corrected chi connectivity index (χ0v) is 12.5. The molecule has 0 radical (unpaired) electrons. The van der Waals surface area contributed by atoms with Gasteiger partial charge in [0.2, 0.25) is 0 Å². The summed E-state index contributed by atoms with van der Waals surface area (Å²) in [6, 6.07) is 7.48. The summed E-state index contributed by atoms with van der Waals surface area (Å²) in [6.45, 7) is 3.05. The smallest absolute Gasteiger partial charge is 0.332 e. The number of aromatic nitrogens is 1. The van der Waals surface area contributed by atoms with Crippen molar-refractivity contribution in [3.8, 4) is 0 Å². The third kappa shape index (κ3) is 4.31. The molecule has 1 heterocycles. The van der Waals surface area contributed by atoms with Gasteiger partial charge in [-0.15, -0.1) is 0 Å². The molecule has 0 saturated carbocycles. The van der Waals surface area contributed by atoms with E-state index in [-0.39, 0.29) is 12.6 Å². The van der Waals surface area contributed by atoms with E-state index in [1.165, 1.54) is 0 Å². The monoisotopic (exact) mass is 308 g/mol. The van der Waals surface area contributed by atoms with E-state index in [9.17, 15) is 4.79 Å². The van der Waals surface area contributed by atoms with Gasteiger partial charge in [0.25, 0.3) is 0 Å². The number of carbonyl (C=O) groups excluding carboxylic acids is 1. The second kappa shape index (κ2) is 7.81. The Morgan fingerprint density at radius 1 is 1.38 bits per heavy atom. The van der Waals surface area contributed by atoms with Crippen molar-refractivity contribution in [2.24, 2.45) is 0 Å². The summed E-state index contributed by atoms with van der Waals surface area (Å²) in [5, 5.41) is 4.79. The minimum atomic E-state index is -0.351. The number of nitrogens with zero attached hydrogens (tertiary/aromatic N) is 1. The number of hydrogen-bond acceptors (Lipinski definition) is 5. The maximum absolute atomic E-state index is 11.1. The number of pyridine rings is 1. The first kappa shape index (κ1) is 15.5. The van der Waals surface area contributed by atoms with Crippen LogP contribution in [-0.2, 0) is 14.3 Å². The van der Waals surface area contributed by atoms with Crippen molar-refractivity contribution in [3.63, 3.8) is 0 Å². The lowest BCUT2D eigenvalue weighted by atomic mass is 10.2. The molecule has 0 unspecified atom stereocenters. The molecule has 0 aliphatic carbocycles. The largest absolute Gasteiger partial charge is 0.464 e. The molecule has 21 heavy (non-hydrogen) atoms. The van der Waals surface area contributed by atoms with Crippen molar-refractivity contribution in [1.82, 2.24) is 4.98 Å². The number of anilines is 1. The third-order valence-corrected chi connectivity index (χ3v) is 3.13. The Bertz CT molecular complexity index is 619. The van der Waals surface area contributed by atoms with E-state index in [1.54, 1.807) is 13.1 Å². The summed E-state index contributed by atoms with van der Waals surface area (Å²) < 4.78 is 9.99. The lowest BCUT2D eigenvalue weighted by Gasteiger charge is -2.10. The Hall–Kier alpha value is -1.85. The van der Waals surface area contributed by atoms with Gasteiger partial charge in [-0.05, 0) is 31.2 Å². The highest BCUT2D eigenvalue weighted by atomic mass is 35.5. The van der Waals surface area contributed by atoms with Gasteiger partial charge in [-0.2, -0.15) is 0 Å². The van der Waals surface area contributed by atoms with Gasteiger partial charge in [-0.25, -0.2) is 4.79 Å². The first-order valence-corrected chi connectivity index (χ1v) is 7.10. The minimum absolute atomic E-state index is 0.0326. The van der Waals surface area contributed by atoms with Crippen molar-refractivity contribution in [2.45, 2.75) is 6.92 Å². The molecule has 0 spiro atoms. The molecule has 0 aliphatic rings. The minimum Gasteiger partial charge on any atom is -0.464 e. The summed E-state index contributed by atoms with van der Waals surface area (Å²) in [5.41, 5.74) is 1.70.